The van der Waals surface area contributed by atoms with E-state index in [4.69, 9.17) is 0 Å². The van der Waals surface area contributed by atoms with E-state index in [-0.39, 0.29) is 0 Å². The van der Waals surface area contributed by atoms with Gasteiger partial charge in [-0.15, -0.1) is 0 Å². The summed E-state index contributed by atoms with van der Waals surface area (Å²) in [5, 5.41) is 8.38. The second-order valence-electron chi connectivity index (χ2n) is 6.41. The lowest BCUT2D eigenvalue weighted by Crippen LogP contribution is -2.62. The van der Waals surface area contributed by atoms with Gasteiger partial charge in [0.15, 0.2) is 0 Å². The van der Waals surface area contributed by atoms with E-state index in [9.17, 15) is 0 Å². The molecule has 0 aromatic carbocycles. The lowest BCUT2D eigenvalue weighted by Gasteiger charge is -2.45. The van der Waals surface area contributed by atoms with Gasteiger partial charge in [0.25, 0.3) is 0 Å². The molecule has 1 aliphatic carbocycles. The molecule has 0 radical (unpaired) electrons. The van der Waals surface area contributed by atoms with Gasteiger partial charge >= 0.3 is 0 Å². The second-order valence-corrected chi connectivity index (χ2v) is 7.15. The zero-order valence-corrected chi connectivity index (χ0v) is 12.5. The molecule has 2 unspecified atom stereocenters. The number of aryl methyl sites for hydroxylation is 1. The predicted octanol–water partition coefficient (Wildman–Crippen LogP) is 3.02. The Morgan fingerprint density at radius 1 is 1.44 bits per heavy atom. The summed E-state index contributed by atoms with van der Waals surface area (Å²) in [6, 6.07) is 0.649. The maximum atomic E-state index is 3.79. The van der Waals surface area contributed by atoms with Crippen LogP contribution in [-0.4, -0.2) is 29.6 Å². The van der Waals surface area contributed by atoms with Crippen LogP contribution in [0.1, 0.15) is 37.8 Å². The number of rotatable bonds is 3. The minimum atomic E-state index is 0.358. The molecule has 18 heavy (non-hydrogen) atoms. The molecule has 0 bridgehead atoms. The molecule has 100 valence electrons. The summed E-state index contributed by atoms with van der Waals surface area (Å²) < 4.78 is 0. The molecule has 2 fully saturated rings. The average molecular weight is 264 g/mol. The topological polar surface area (TPSA) is 15.3 Å². The third-order valence-corrected chi connectivity index (χ3v) is 5.68. The van der Waals surface area contributed by atoms with Crippen molar-refractivity contribution in [2.45, 2.75) is 51.7 Å². The summed E-state index contributed by atoms with van der Waals surface area (Å²) in [5.74, 6) is 0.913. The highest BCUT2D eigenvalue weighted by Crippen LogP contribution is 2.41. The van der Waals surface area contributed by atoms with Crippen molar-refractivity contribution in [3.8, 4) is 0 Å². The molecule has 2 nitrogen and oxygen atoms in total. The Labute approximate surface area is 114 Å². The summed E-state index contributed by atoms with van der Waals surface area (Å²) >= 11 is 1.83. The molecule has 1 saturated heterocycles. The summed E-state index contributed by atoms with van der Waals surface area (Å²) in [4.78, 5) is 2.67. The van der Waals surface area contributed by atoms with Gasteiger partial charge in [-0.1, -0.05) is 0 Å². The summed E-state index contributed by atoms with van der Waals surface area (Å²) in [5.41, 5.74) is 3.34. The van der Waals surface area contributed by atoms with Crippen molar-refractivity contribution in [1.29, 1.82) is 0 Å². The largest absolute Gasteiger partial charge is 0.308 e. The number of nitrogens with zero attached hydrogens (tertiary/aromatic N) is 1. The van der Waals surface area contributed by atoms with E-state index in [0.29, 0.717) is 11.6 Å². The molecule has 2 atom stereocenters. The number of thiophene rings is 1. The molecule has 3 heteroatoms. The van der Waals surface area contributed by atoms with Crippen LogP contribution in [0.3, 0.4) is 0 Å². The molecular formula is C15H24N2S. The van der Waals surface area contributed by atoms with E-state index in [0.717, 1.165) is 19.0 Å². The van der Waals surface area contributed by atoms with Gasteiger partial charge in [-0.2, -0.15) is 11.3 Å². The smallest absolute Gasteiger partial charge is 0.0309 e. The fraction of sp³-hybridized carbons (Fsp3) is 0.733. The van der Waals surface area contributed by atoms with Crippen molar-refractivity contribution >= 4 is 11.3 Å². The fourth-order valence-corrected chi connectivity index (χ4v) is 3.97. The number of nitrogens with one attached hydrogen (secondary N) is 1. The first-order valence-electron chi connectivity index (χ1n) is 7.09. The Morgan fingerprint density at radius 2 is 2.22 bits per heavy atom. The van der Waals surface area contributed by atoms with Crippen molar-refractivity contribution in [1.82, 2.24) is 10.2 Å². The number of hydrogen-bond donors (Lipinski definition) is 1. The van der Waals surface area contributed by atoms with Gasteiger partial charge in [-0.25, -0.2) is 0 Å². The van der Waals surface area contributed by atoms with Crippen LogP contribution in [-0.2, 0) is 6.54 Å². The van der Waals surface area contributed by atoms with E-state index in [1.807, 2.05) is 11.3 Å². The highest BCUT2D eigenvalue weighted by molar-refractivity contribution is 7.08. The molecule has 2 aliphatic rings. The van der Waals surface area contributed by atoms with E-state index in [1.165, 1.54) is 30.5 Å². The molecule has 1 N–H and O–H groups in total. The molecule has 1 aliphatic heterocycles. The summed E-state index contributed by atoms with van der Waals surface area (Å²) in [6.07, 6.45) is 2.84. The minimum Gasteiger partial charge on any atom is -0.308 e. The van der Waals surface area contributed by atoms with E-state index in [2.05, 4.69) is 41.7 Å². The fourth-order valence-electron chi connectivity index (χ4n) is 3.12. The van der Waals surface area contributed by atoms with Crippen LogP contribution in [0.4, 0.5) is 0 Å². The summed E-state index contributed by atoms with van der Waals surface area (Å²) in [6.45, 7) is 10.5. The van der Waals surface area contributed by atoms with Crippen LogP contribution >= 0.6 is 11.3 Å². The normalized spacial score (nSPS) is 33.8. The zero-order valence-electron chi connectivity index (χ0n) is 11.7. The van der Waals surface area contributed by atoms with Gasteiger partial charge in [-0.05, 0) is 61.4 Å². The van der Waals surface area contributed by atoms with Crippen LogP contribution in [0.25, 0.3) is 0 Å². The van der Waals surface area contributed by atoms with Crippen molar-refractivity contribution in [3.63, 3.8) is 0 Å². The Kier molecular flexibility index (Phi) is 3.25. The van der Waals surface area contributed by atoms with Gasteiger partial charge in [0.2, 0.25) is 0 Å². The van der Waals surface area contributed by atoms with Crippen molar-refractivity contribution in [2.24, 2.45) is 5.92 Å². The van der Waals surface area contributed by atoms with Gasteiger partial charge in [0.05, 0.1) is 0 Å². The maximum absolute atomic E-state index is 3.79. The van der Waals surface area contributed by atoms with Gasteiger partial charge < -0.3 is 5.32 Å². The predicted molar refractivity (Wildman–Crippen MR) is 78.1 cm³/mol. The minimum absolute atomic E-state index is 0.358. The molecule has 1 aromatic rings. The SMILES string of the molecule is Cc1cscc1CN1CC(C)(C2CC2)NCC1C. The highest BCUT2D eigenvalue weighted by Gasteiger charge is 2.45. The quantitative estimate of drug-likeness (QED) is 0.903. The van der Waals surface area contributed by atoms with Gasteiger partial charge in [-0.3, -0.25) is 4.90 Å². The van der Waals surface area contributed by atoms with Gasteiger partial charge in [0, 0.05) is 31.2 Å². The van der Waals surface area contributed by atoms with Crippen molar-refractivity contribution in [3.05, 3.63) is 21.9 Å². The lowest BCUT2D eigenvalue weighted by atomic mass is 9.91. The van der Waals surface area contributed by atoms with Gasteiger partial charge in [0.1, 0.15) is 0 Å². The maximum Gasteiger partial charge on any atom is 0.0309 e. The Bertz CT molecular complexity index is 424. The highest BCUT2D eigenvalue weighted by atomic mass is 32.1. The van der Waals surface area contributed by atoms with Crippen LogP contribution in [0.15, 0.2) is 10.8 Å². The third kappa shape index (κ3) is 2.36. The molecule has 2 heterocycles. The van der Waals surface area contributed by atoms with Crippen molar-refractivity contribution in [2.75, 3.05) is 13.1 Å². The van der Waals surface area contributed by atoms with Crippen LogP contribution < -0.4 is 5.32 Å². The lowest BCUT2D eigenvalue weighted by molar-refractivity contribution is 0.0770. The van der Waals surface area contributed by atoms with Crippen LogP contribution in [0.2, 0.25) is 0 Å². The third-order valence-electron chi connectivity index (χ3n) is 4.77. The monoisotopic (exact) mass is 264 g/mol. The number of hydrogen-bond acceptors (Lipinski definition) is 3. The molecule has 0 amide bonds. The Hall–Kier alpha value is -0.380. The average Bonchev–Trinajstić information content (AvgIpc) is 3.12. The molecule has 1 saturated carbocycles. The standard InChI is InChI=1S/C15H24N2S/c1-11-8-18-9-13(11)7-17-10-15(3,14-4-5-14)16-6-12(17)2/h8-9,12,14,16H,4-7,10H2,1-3H3. The molecule has 1 aromatic heterocycles. The Balaban J connectivity index is 1.71. The number of piperazine rings is 1. The van der Waals surface area contributed by atoms with Crippen molar-refractivity contribution < 1.29 is 0 Å². The van der Waals surface area contributed by atoms with E-state index < -0.39 is 0 Å². The first kappa shape index (κ1) is 12.6. The van der Waals surface area contributed by atoms with E-state index >= 15 is 0 Å². The molecule has 3 rings (SSSR count). The second kappa shape index (κ2) is 4.62. The zero-order chi connectivity index (χ0) is 12.8. The van der Waals surface area contributed by atoms with Crippen LogP contribution in [0, 0.1) is 12.8 Å². The summed E-state index contributed by atoms with van der Waals surface area (Å²) in [7, 11) is 0. The van der Waals surface area contributed by atoms with Crippen LogP contribution in [0.5, 0.6) is 0 Å². The Morgan fingerprint density at radius 3 is 2.83 bits per heavy atom. The first-order chi connectivity index (χ1) is 8.58. The van der Waals surface area contributed by atoms with E-state index in [1.54, 1.807) is 0 Å². The molecular weight excluding hydrogens is 240 g/mol. The first-order valence-corrected chi connectivity index (χ1v) is 8.03. The molecule has 0 spiro atoms.